The van der Waals surface area contributed by atoms with Crippen LogP contribution in [0.3, 0.4) is 0 Å². The molecule has 4 rings (SSSR count). The largest absolute Gasteiger partial charge is 0.497 e. The molecule has 1 aliphatic heterocycles. The Balaban J connectivity index is 1.16. The maximum Gasteiger partial charge on any atom is 0.241 e. The quantitative estimate of drug-likeness (QED) is 0.373. The van der Waals surface area contributed by atoms with Crippen LogP contribution in [-0.4, -0.2) is 54.3 Å². The maximum atomic E-state index is 12.7. The van der Waals surface area contributed by atoms with Crippen molar-refractivity contribution < 1.29 is 18.8 Å². The number of aromatic nitrogens is 2. The van der Waals surface area contributed by atoms with Gasteiger partial charge in [0.15, 0.2) is 0 Å². The highest BCUT2D eigenvalue weighted by Gasteiger charge is 2.25. The fraction of sp³-hybridized carbons (Fsp3) is 0.464. The second kappa shape index (κ2) is 13.1. The number of benzene rings is 2. The number of aryl methyl sites for hydroxylation is 1. The van der Waals surface area contributed by atoms with E-state index in [1.807, 2.05) is 42.5 Å². The van der Waals surface area contributed by atoms with E-state index in [4.69, 9.17) is 14.0 Å². The van der Waals surface area contributed by atoms with Crippen LogP contribution in [0, 0.1) is 5.92 Å². The van der Waals surface area contributed by atoms with E-state index >= 15 is 0 Å². The van der Waals surface area contributed by atoms with Gasteiger partial charge in [0.1, 0.15) is 11.5 Å². The molecular formula is C28H36N4O4. The first-order chi connectivity index (χ1) is 17.7. The number of ether oxygens (including phenoxy) is 2. The minimum atomic E-state index is 0.0546. The van der Waals surface area contributed by atoms with Gasteiger partial charge < -0.3 is 19.3 Å². The summed E-state index contributed by atoms with van der Waals surface area (Å²) < 4.78 is 16.5. The zero-order valence-corrected chi connectivity index (χ0v) is 21.2. The molecule has 1 aliphatic rings. The highest BCUT2D eigenvalue weighted by molar-refractivity contribution is 5.78. The van der Waals surface area contributed by atoms with E-state index in [1.165, 1.54) is 5.56 Å². The average Bonchev–Trinajstić information content (AvgIpc) is 3.39. The summed E-state index contributed by atoms with van der Waals surface area (Å²) in [7, 11) is 1.64. The lowest BCUT2D eigenvalue weighted by Gasteiger charge is -2.30. The van der Waals surface area contributed by atoms with E-state index in [1.54, 1.807) is 7.11 Å². The van der Waals surface area contributed by atoms with Gasteiger partial charge in [-0.2, -0.15) is 4.98 Å². The SMILES string of the molecule is CCCOc1ccccc1CCCNC(=O)C1CCN(Cc2nc(-c3ccc(OC)cc3)no2)CC1. The zero-order chi connectivity index (χ0) is 25.2. The van der Waals surface area contributed by atoms with Crippen molar-refractivity contribution in [2.45, 2.75) is 45.6 Å². The summed E-state index contributed by atoms with van der Waals surface area (Å²) in [6.07, 6.45) is 4.44. The first kappa shape index (κ1) is 25.7. The lowest BCUT2D eigenvalue weighted by Crippen LogP contribution is -2.40. The van der Waals surface area contributed by atoms with E-state index in [-0.39, 0.29) is 11.8 Å². The topological polar surface area (TPSA) is 89.7 Å². The number of hydrogen-bond donors (Lipinski definition) is 1. The summed E-state index contributed by atoms with van der Waals surface area (Å²) >= 11 is 0. The molecule has 0 bridgehead atoms. The summed E-state index contributed by atoms with van der Waals surface area (Å²) in [4.78, 5) is 19.5. The van der Waals surface area contributed by atoms with Gasteiger partial charge in [0, 0.05) is 18.0 Å². The summed E-state index contributed by atoms with van der Waals surface area (Å²) in [5, 5.41) is 7.24. The van der Waals surface area contributed by atoms with E-state index in [2.05, 4.69) is 33.3 Å². The van der Waals surface area contributed by atoms with Crippen molar-refractivity contribution in [1.29, 1.82) is 0 Å². The molecule has 0 atom stereocenters. The molecule has 1 saturated heterocycles. The number of carbonyl (C=O) groups excluding carboxylic acids is 1. The molecule has 0 saturated carbocycles. The van der Waals surface area contributed by atoms with Crippen molar-refractivity contribution >= 4 is 5.91 Å². The molecule has 0 aliphatic carbocycles. The first-order valence-electron chi connectivity index (χ1n) is 12.8. The van der Waals surface area contributed by atoms with Gasteiger partial charge in [0.05, 0.1) is 20.3 Å². The molecule has 192 valence electrons. The molecule has 1 fully saturated rings. The Bertz CT molecular complexity index is 1090. The van der Waals surface area contributed by atoms with Crippen molar-refractivity contribution in [3.8, 4) is 22.9 Å². The van der Waals surface area contributed by atoms with Gasteiger partial charge in [-0.15, -0.1) is 0 Å². The number of carbonyl (C=O) groups is 1. The van der Waals surface area contributed by atoms with Crippen molar-refractivity contribution in [1.82, 2.24) is 20.4 Å². The Hall–Kier alpha value is -3.39. The lowest BCUT2D eigenvalue weighted by atomic mass is 9.96. The van der Waals surface area contributed by atoms with E-state index in [0.717, 1.165) is 68.9 Å². The molecule has 1 aromatic heterocycles. The third-order valence-electron chi connectivity index (χ3n) is 6.49. The summed E-state index contributed by atoms with van der Waals surface area (Å²) in [6.45, 7) is 5.77. The number of nitrogens with zero attached hydrogens (tertiary/aromatic N) is 3. The number of likely N-dealkylation sites (tertiary alicyclic amines) is 1. The Morgan fingerprint density at radius 2 is 1.92 bits per heavy atom. The molecule has 0 unspecified atom stereocenters. The molecular weight excluding hydrogens is 456 g/mol. The van der Waals surface area contributed by atoms with E-state index in [9.17, 15) is 4.79 Å². The van der Waals surface area contributed by atoms with Crippen LogP contribution < -0.4 is 14.8 Å². The third kappa shape index (κ3) is 7.07. The Kier molecular flexibility index (Phi) is 9.33. The summed E-state index contributed by atoms with van der Waals surface area (Å²) in [5.74, 6) is 3.12. The molecule has 0 spiro atoms. The van der Waals surface area contributed by atoms with Crippen molar-refractivity contribution in [3.63, 3.8) is 0 Å². The van der Waals surface area contributed by atoms with Crippen LogP contribution in [0.5, 0.6) is 11.5 Å². The molecule has 3 aromatic rings. The fourth-order valence-corrected chi connectivity index (χ4v) is 4.42. The summed E-state index contributed by atoms with van der Waals surface area (Å²) in [6, 6.07) is 15.7. The van der Waals surface area contributed by atoms with Crippen molar-refractivity contribution in [3.05, 3.63) is 60.0 Å². The van der Waals surface area contributed by atoms with Crippen LogP contribution >= 0.6 is 0 Å². The molecule has 36 heavy (non-hydrogen) atoms. The number of rotatable bonds is 12. The van der Waals surface area contributed by atoms with Crippen LogP contribution in [0.25, 0.3) is 11.4 Å². The van der Waals surface area contributed by atoms with Crippen molar-refractivity contribution in [2.75, 3.05) is 33.4 Å². The fourth-order valence-electron chi connectivity index (χ4n) is 4.42. The Morgan fingerprint density at radius 3 is 2.67 bits per heavy atom. The van der Waals surface area contributed by atoms with Crippen LogP contribution in [0.15, 0.2) is 53.1 Å². The number of hydrogen-bond acceptors (Lipinski definition) is 7. The second-order valence-corrected chi connectivity index (χ2v) is 9.14. The normalized spacial score (nSPS) is 14.5. The zero-order valence-electron chi connectivity index (χ0n) is 21.2. The second-order valence-electron chi connectivity index (χ2n) is 9.14. The number of nitrogens with one attached hydrogen (secondary N) is 1. The van der Waals surface area contributed by atoms with Gasteiger partial charge in [-0.05, 0) is 81.1 Å². The molecule has 8 nitrogen and oxygen atoms in total. The first-order valence-corrected chi connectivity index (χ1v) is 12.8. The predicted molar refractivity (Wildman–Crippen MR) is 138 cm³/mol. The monoisotopic (exact) mass is 492 g/mol. The number of methoxy groups -OCH3 is 1. The van der Waals surface area contributed by atoms with Gasteiger partial charge in [-0.3, -0.25) is 9.69 Å². The Labute approximate surface area is 213 Å². The number of piperidine rings is 1. The van der Waals surface area contributed by atoms with Crippen LogP contribution in [0.1, 0.15) is 44.1 Å². The smallest absolute Gasteiger partial charge is 0.241 e. The summed E-state index contributed by atoms with van der Waals surface area (Å²) in [5.41, 5.74) is 2.09. The van der Waals surface area contributed by atoms with E-state index < -0.39 is 0 Å². The molecule has 0 radical (unpaired) electrons. The molecule has 2 heterocycles. The minimum Gasteiger partial charge on any atom is -0.497 e. The maximum absolute atomic E-state index is 12.7. The third-order valence-corrected chi connectivity index (χ3v) is 6.49. The predicted octanol–water partition coefficient (Wildman–Crippen LogP) is 4.50. The van der Waals surface area contributed by atoms with Gasteiger partial charge in [-0.1, -0.05) is 30.3 Å². The van der Waals surface area contributed by atoms with Gasteiger partial charge in [-0.25, -0.2) is 0 Å². The average molecular weight is 493 g/mol. The van der Waals surface area contributed by atoms with Gasteiger partial charge in [0.2, 0.25) is 17.6 Å². The van der Waals surface area contributed by atoms with E-state index in [0.29, 0.717) is 24.8 Å². The highest BCUT2D eigenvalue weighted by atomic mass is 16.5. The lowest BCUT2D eigenvalue weighted by molar-refractivity contribution is -0.126. The molecule has 8 heteroatoms. The molecule has 2 aromatic carbocycles. The van der Waals surface area contributed by atoms with Gasteiger partial charge in [0.25, 0.3) is 0 Å². The van der Waals surface area contributed by atoms with Gasteiger partial charge >= 0.3 is 0 Å². The Morgan fingerprint density at radius 1 is 1.14 bits per heavy atom. The molecule has 1 N–H and O–H groups in total. The minimum absolute atomic E-state index is 0.0546. The number of para-hydroxylation sites is 1. The van der Waals surface area contributed by atoms with Crippen molar-refractivity contribution in [2.24, 2.45) is 5.92 Å². The highest BCUT2D eigenvalue weighted by Crippen LogP contribution is 2.23. The number of amides is 1. The van der Waals surface area contributed by atoms with Crippen LogP contribution in [0.2, 0.25) is 0 Å². The standard InChI is InChI=1S/C28H36N4O4/c1-3-19-35-25-9-5-4-7-21(25)8-6-16-29-28(33)23-14-17-32(18-15-23)20-26-30-27(31-36-26)22-10-12-24(34-2)13-11-22/h4-5,7,9-13,23H,3,6,8,14-20H2,1-2H3,(H,29,33). The van der Waals surface area contributed by atoms with Crippen LogP contribution in [0.4, 0.5) is 0 Å². The molecule has 1 amide bonds. The van der Waals surface area contributed by atoms with Crippen LogP contribution in [-0.2, 0) is 17.8 Å².